The highest BCUT2D eigenvalue weighted by atomic mass is 35.5. The molecule has 0 amide bonds. The van der Waals surface area contributed by atoms with Crippen molar-refractivity contribution in [1.82, 2.24) is 10.0 Å². The minimum absolute atomic E-state index is 0. The lowest BCUT2D eigenvalue weighted by Gasteiger charge is -2.30. The van der Waals surface area contributed by atoms with Crippen LogP contribution in [0.1, 0.15) is 19.8 Å². The van der Waals surface area contributed by atoms with Crippen LogP contribution in [0.3, 0.4) is 0 Å². The molecular weight excluding hydrogens is 378 g/mol. The van der Waals surface area contributed by atoms with Crippen LogP contribution in [0.2, 0.25) is 15.1 Å². The molecule has 21 heavy (non-hydrogen) atoms. The van der Waals surface area contributed by atoms with E-state index < -0.39 is 10.0 Å². The number of halogens is 4. The lowest BCUT2D eigenvalue weighted by atomic mass is 10.0. The second-order valence-corrected chi connectivity index (χ2v) is 7.71. The van der Waals surface area contributed by atoms with Crippen LogP contribution in [0.25, 0.3) is 0 Å². The molecule has 4 nitrogen and oxygen atoms in total. The summed E-state index contributed by atoms with van der Waals surface area (Å²) < 4.78 is 27.6. The van der Waals surface area contributed by atoms with Gasteiger partial charge in [-0.05, 0) is 38.4 Å². The largest absolute Gasteiger partial charge is 0.313 e. The van der Waals surface area contributed by atoms with Gasteiger partial charge < -0.3 is 5.32 Å². The minimum atomic E-state index is -3.78. The van der Waals surface area contributed by atoms with Crippen LogP contribution in [0, 0.1) is 0 Å². The highest BCUT2D eigenvalue weighted by Gasteiger charge is 2.29. The zero-order valence-corrected chi connectivity index (χ0v) is 15.1. The molecule has 0 saturated carbocycles. The molecule has 1 aromatic rings. The topological polar surface area (TPSA) is 58.2 Å². The van der Waals surface area contributed by atoms with E-state index in [2.05, 4.69) is 10.0 Å². The van der Waals surface area contributed by atoms with Gasteiger partial charge in [-0.3, -0.25) is 0 Å². The average molecular weight is 394 g/mol. The van der Waals surface area contributed by atoms with Gasteiger partial charge in [0.2, 0.25) is 10.0 Å². The van der Waals surface area contributed by atoms with Crippen LogP contribution in [-0.2, 0) is 10.0 Å². The van der Waals surface area contributed by atoms with E-state index >= 15 is 0 Å². The molecule has 2 rings (SSSR count). The molecule has 0 aromatic heterocycles. The SMILES string of the molecule is CC1NCCCC1NS(=O)(=O)c1c(Cl)cc(Cl)cc1Cl.Cl. The Kier molecular flexibility index (Phi) is 7.06. The maximum atomic E-state index is 12.4. The minimum Gasteiger partial charge on any atom is -0.313 e. The summed E-state index contributed by atoms with van der Waals surface area (Å²) in [6, 6.07) is 2.61. The second-order valence-electron chi connectivity index (χ2n) is 4.81. The summed E-state index contributed by atoms with van der Waals surface area (Å²) in [4.78, 5) is -0.122. The van der Waals surface area contributed by atoms with E-state index in [-0.39, 0.29) is 39.4 Å². The van der Waals surface area contributed by atoms with Crippen molar-refractivity contribution in [2.24, 2.45) is 0 Å². The lowest BCUT2D eigenvalue weighted by Crippen LogP contribution is -2.51. The van der Waals surface area contributed by atoms with Crippen molar-refractivity contribution in [2.45, 2.75) is 36.7 Å². The Morgan fingerprint density at radius 3 is 2.33 bits per heavy atom. The first-order valence-electron chi connectivity index (χ1n) is 6.21. The molecule has 2 N–H and O–H groups in total. The molecule has 0 spiro atoms. The molecule has 120 valence electrons. The predicted molar refractivity (Wildman–Crippen MR) is 89.5 cm³/mol. The van der Waals surface area contributed by atoms with Crippen LogP contribution in [0.5, 0.6) is 0 Å². The zero-order chi connectivity index (χ0) is 14.9. The maximum absolute atomic E-state index is 12.4. The molecule has 2 atom stereocenters. The van der Waals surface area contributed by atoms with Gasteiger partial charge in [0.05, 0.1) is 10.0 Å². The van der Waals surface area contributed by atoms with Crippen molar-refractivity contribution in [1.29, 1.82) is 0 Å². The second kappa shape index (κ2) is 7.68. The van der Waals surface area contributed by atoms with Gasteiger partial charge in [-0.15, -0.1) is 12.4 Å². The molecule has 9 heteroatoms. The first-order valence-corrected chi connectivity index (χ1v) is 8.83. The fraction of sp³-hybridized carbons (Fsp3) is 0.500. The molecule has 0 radical (unpaired) electrons. The van der Waals surface area contributed by atoms with E-state index in [0.29, 0.717) is 5.02 Å². The van der Waals surface area contributed by atoms with Crippen molar-refractivity contribution < 1.29 is 8.42 Å². The standard InChI is InChI=1S/C12H15Cl3N2O2S.ClH/c1-7-11(3-2-4-16-7)17-20(18,19)12-9(14)5-8(13)6-10(12)15;/h5-7,11,16-17H,2-4H2,1H3;1H. The van der Waals surface area contributed by atoms with E-state index in [9.17, 15) is 8.42 Å². The Hall–Kier alpha value is 0.250. The highest BCUT2D eigenvalue weighted by Crippen LogP contribution is 2.33. The summed E-state index contributed by atoms with van der Waals surface area (Å²) in [6.45, 7) is 2.83. The third kappa shape index (κ3) is 4.61. The van der Waals surface area contributed by atoms with E-state index in [1.807, 2.05) is 6.92 Å². The van der Waals surface area contributed by atoms with Crippen LogP contribution in [0.15, 0.2) is 17.0 Å². The number of sulfonamides is 1. The molecule has 1 heterocycles. The number of hydrogen-bond acceptors (Lipinski definition) is 3. The number of piperidine rings is 1. The van der Waals surface area contributed by atoms with Gasteiger partial charge in [0.1, 0.15) is 4.90 Å². The quantitative estimate of drug-likeness (QED) is 0.826. The van der Waals surface area contributed by atoms with Crippen LogP contribution >= 0.6 is 47.2 Å². The molecule has 0 bridgehead atoms. The van der Waals surface area contributed by atoms with E-state index in [1.54, 1.807) is 0 Å². The van der Waals surface area contributed by atoms with Gasteiger partial charge in [-0.1, -0.05) is 34.8 Å². The number of benzene rings is 1. The van der Waals surface area contributed by atoms with E-state index in [1.165, 1.54) is 12.1 Å². The van der Waals surface area contributed by atoms with Gasteiger partial charge >= 0.3 is 0 Å². The van der Waals surface area contributed by atoms with Crippen molar-refractivity contribution >= 4 is 57.2 Å². The zero-order valence-electron chi connectivity index (χ0n) is 11.2. The molecule has 1 aliphatic rings. The van der Waals surface area contributed by atoms with Crippen molar-refractivity contribution in [3.63, 3.8) is 0 Å². The highest BCUT2D eigenvalue weighted by molar-refractivity contribution is 7.89. The maximum Gasteiger partial charge on any atom is 0.243 e. The number of rotatable bonds is 3. The van der Waals surface area contributed by atoms with Crippen LogP contribution in [0.4, 0.5) is 0 Å². The predicted octanol–water partition coefficient (Wildman–Crippen LogP) is 3.49. The third-order valence-electron chi connectivity index (χ3n) is 3.30. The molecular formula is C12H16Cl4N2O2S. The molecule has 1 saturated heterocycles. The van der Waals surface area contributed by atoms with Crippen molar-refractivity contribution in [3.05, 3.63) is 27.2 Å². The molecule has 1 aliphatic heterocycles. The third-order valence-corrected chi connectivity index (χ3v) is 5.93. The van der Waals surface area contributed by atoms with Crippen LogP contribution < -0.4 is 10.0 Å². The Labute approximate surface area is 146 Å². The summed E-state index contributed by atoms with van der Waals surface area (Å²) in [6.07, 6.45) is 1.69. The summed E-state index contributed by atoms with van der Waals surface area (Å²) in [5, 5.41) is 3.57. The summed E-state index contributed by atoms with van der Waals surface area (Å²) in [7, 11) is -3.78. The Bertz CT molecular complexity index is 586. The normalized spacial score (nSPS) is 22.7. The molecule has 1 aromatic carbocycles. The van der Waals surface area contributed by atoms with Gasteiger partial charge in [0, 0.05) is 17.1 Å². The summed E-state index contributed by atoms with van der Waals surface area (Å²) in [5.74, 6) is 0. The Balaban J connectivity index is 0.00000220. The lowest BCUT2D eigenvalue weighted by molar-refractivity contribution is 0.349. The first-order chi connectivity index (χ1) is 9.31. The average Bonchev–Trinajstić information content (AvgIpc) is 2.30. The first kappa shape index (κ1) is 19.3. The van der Waals surface area contributed by atoms with Crippen LogP contribution in [-0.4, -0.2) is 27.0 Å². The van der Waals surface area contributed by atoms with Gasteiger partial charge in [0.15, 0.2) is 0 Å². The van der Waals surface area contributed by atoms with Gasteiger partial charge in [0.25, 0.3) is 0 Å². The monoisotopic (exact) mass is 392 g/mol. The van der Waals surface area contributed by atoms with Crippen molar-refractivity contribution in [3.8, 4) is 0 Å². The summed E-state index contributed by atoms with van der Waals surface area (Å²) >= 11 is 17.7. The number of hydrogen-bond donors (Lipinski definition) is 2. The van der Waals surface area contributed by atoms with Gasteiger partial charge in [-0.2, -0.15) is 0 Å². The fourth-order valence-electron chi connectivity index (χ4n) is 2.25. The molecule has 2 unspecified atom stereocenters. The molecule has 1 fully saturated rings. The van der Waals surface area contributed by atoms with E-state index in [4.69, 9.17) is 34.8 Å². The Morgan fingerprint density at radius 1 is 1.24 bits per heavy atom. The van der Waals surface area contributed by atoms with Gasteiger partial charge in [-0.25, -0.2) is 13.1 Å². The molecule has 0 aliphatic carbocycles. The van der Waals surface area contributed by atoms with Crippen molar-refractivity contribution in [2.75, 3.05) is 6.54 Å². The van der Waals surface area contributed by atoms with E-state index in [0.717, 1.165) is 19.4 Å². The smallest absolute Gasteiger partial charge is 0.243 e. The fourth-order valence-corrected chi connectivity index (χ4v) is 5.14. The number of nitrogens with one attached hydrogen (secondary N) is 2. The summed E-state index contributed by atoms with van der Waals surface area (Å²) in [5.41, 5.74) is 0. The Morgan fingerprint density at radius 2 is 1.81 bits per heavy atom.